The highest BCUT2D eigenvalue weighted by Gasteiger charge is 2.47. The number of anilines is 2. The van der Waals surface area contributed by atoms with Gasteiger partial charge >= 0.3 is 0 Å². The Morgan fingerprint density at radius 1 is 1.00 bits per heavy atom. The number of hydrogen-bond donors (Lipinski definition) is 6. The Labute approximate surface area is 256 Å². The first kappa shape index (κ1) is 29.9. The van der Waals surface area contributed by atoms with Crippen molar-refractivity contribution in [3.8, 4) is 0 Å². The molecule has 0 bridgehead atoms. The van der Waals surface area contributed by atoms with Crippen molar-refractivity contribution in [2.24, 2.45) is 5.73 Å². The van der Waals surface area contributed by atoms with E-state index in [9.17, 15) is 15.0 Å². The second-order valence-electron chi connectivity index (χ2n) is 11.6. The lowest BCUT2D eigenvalue weighted by Crippen LogP contribution is -2.42. The van der Waals surface area contributed by atoms with Crippen LogP contribution in [0.2, 0.25) is 0 Å². The smallest absolute Gasteiger partial charge is 0.252 e. The molecule has 44 heavy (non-hydrogen) atoms. The number of nitrogens with zero attached hydrogens (tertiary/aromatic N) is 4. The molecule has 2 fully saturated rings. The van der Waals surface area contributed by atoms with Gasteiger partial charge in [-0.1, -0.05) is 60.7 Å². The Morgan fingerprint density at radius 2 is 1.66 bits per heavy atom. The standard InChI is InChI=1S/C32H40N8O4/c1-2-34-30(43)27-25(41)26(42)31(44-27)40-18-36-24-28(38-32(39-29(24)40)37-22-15-13-21(33)14-16-22)35-17-23(19-9-5-3-6-10-19)20-11-7-4-8-12-20/h3-12,18,21-23,25-27,31,41-42H,2,13-17,33H2,1H3,(H,34,43)(H2,35,37,38,39)/t21-,22-,25-,26+,27-,31+/m0/s1. The van der Waals surface area contributed by atoms with Crippen molar-refractivity contribution < 1.29 is 19.7 Å². The minimum Gasteiger partial charge on any atom is -0.387 e. The maximum absolute atomic E-state index is 12.5. The van der Waals surface area contributed by atoms with Crippen LogP contribution >= 0.6 is 0 Å². The summed E-state index contributed by atoms with van der Waals surface area (Å²) >= 11 is 0. The molecule has 7 N–H and O–H groups in total. The van der Waals surface area contributed by atoms with Crippen molar-refractivity contribution in [3.63, 3.8) is 0 Å². The van der Waals surface area contributed by atoms with E-state index in [1.165, 1.54) is 6.33 Å². The van der Waals surface area contributed by atoms with Gasteiger partial charge in [0.2, 0.25) is 5.95 Å². The summed E-state index contributed by atoms with van der Waals surface area (Å²) in [6.45, 7) is 2.68. The summed E-state index contributed by atoms with van der Waals surface area (Å²) in [5, 5.41) is 31.3. The van der Waals surface area contributed by atoms with E-state index in [1.54, 1.807) is 11.5 Å². The molecule has 1 amide bonds. The number of aliphatic hydroxyl groups is 2. The molecule has 12 heteroatoms. The summed E-state index contributed by atoms with van der Waals surface area (Å²) in [6, 6.07) is 20.9. The van der Waals surface area contributed by atoms with Crippen LogP contribution < -0.4 is 21.7 Å². The number of likely N-dealkylation sites (N-methyl/N-ethyl adjacent to an activating group) is 1. The van der Waals surface area contributed by atoms with Gasteiger partial charge in [-0.25, -0.2) is 4.98 Å². The number of aromatic nitrogens is 4. The lowest BCUT2D eigenvalue weighted by atomic mass is 9.91. The molecule has 4 atom stereocenters. The minimum atomic E-state index is -1.41. The quantitative estimate of drug-likeness (QED) is 0.159. The Kier molecular flexibility index (Phi) is 9.03. The molecule has 2 aromatic heterocycles. The molecule has 0 spiro atoms. The summed E-state index contributed by atoms with van der Waals surface area (Å²) in [5.74, 6) is 0.475. The number of carbonyl (C=O) groups is 1. The Bertz CT molecular complexity index is 1500. The molecule has 2 aliphatic rings. The zero-order chi connectivity index (χ0) is 30.6. The predicted octanol–water partition coefficient (Wildman–Crippen LogP) is 2.51. The van der Waals surface area contributed by atoms with E-state index in [0.29, 0.717) is 36.0 Å². The van der Waals surface area contributed by atoms with Gasteiger partial charge in [-0.2, -0.15) is 9.97 Å². The molecule has 3 heterocycles. The summed E-state index contributed by atoms with van der Waals surface area (Å²) < 4.78 is 7.46. The van der Waals surface area contributed by atoms with E-state index in [-0.39, 0.29) is 18.0 Å². The van der Waals surface area contributed by atoms with Gasteiger partial charge in [-0.3, -0.25) is 9.36 Å². The zero-order valence-electron chi connectivity index (χ0n) is 24.7. The topological polar surface area (TPSA) is 172 Å². The molecule has 1 aliphatic heterocycles. The maximum atomic E-state index is 12.5. The molecule has 6 rings (SSSR count). The fourth-order valence-electron chi connectivity index (χ4n) is 6.12. The highest BCUT2D eigenvalue weighted by Crippen LogP contribution is 2.34. The molecular formula is C32H40N8O4. The summed E-state index contributed by atoms with van der Waals surface area (Å²) in [6.07, 6.45) is 0.0494. The molecule has 1 aliphatic carbocycles. The number of benzene rings is 2. The maximum Gasteiger partial charge on any atom is 0.252 e. The van der Waals surface area contributed by atoms with Crippen LogP contribution in [0.1, 0.15) is 55.9 Å². The van der Waals surface area contributed by atoms with E-state index in [2.05, 4.69) is 45.2 Å². The molecule has 0 unspecified atom stereocenters. The van der Waals surface area contributed by atoms with Crippen molar-refractivity contribution in [1.82, 2.24) is 24.8 Å². The first-order valence-electron chi connectivity index (χ1n) is 15.3. The van der Waals surface area contributed by atoms with Crippen LogP contribution in [0.25, 0.3) is 11.2 Å². The van der Waals surface area contributed by atoms with Gasteiger partial charge in [0.25, 0.3) is 5.91 Å². The molecule has 1 saturated heterocycles. The largest absolute Gasteiger partial charge is 0.387 e. The van der Waals surface area contributed by atoms with Crippen molar-refractivity contribution in [2.75, 3.05) is 23.7 Å². The van der Waals surface area contributed by atoms with Gasteiger partial charge < -0.3 is 36.6 Å². The van der Waals surface area contributed by atoms with Gasteiger partial charge in [0.05, 0.1) is 6.33 Å². The van der Waals surface area contributed by atoms with Gasteiger partial charge in [0.1, 0.15) is 12.2 Å². The van der Waals surface area contributed by atoms with E-state index >= 15 is 0 Å². The summed E-state index contributed by atoms with van der Waals surface area (Å²) in [7, 11) is 0. The predicted molar refractivity (Wildman–Crippen MR) is 167 cm³/mol. The van der Waals surface area contributed by atoms with E-state index < -0.39 is 30.4 Å². The second-order valence-corrected chi connectivity index (χ2v) is 11.6. The van der Waals surface area contributed by atoms with Crippen LogP contribution in [-0.4, -0.2) is 79.1 Å². The Hall–Kier alpha value is -4.10. The van der Waals surface area contributed by atoms with Crippen molar-refractivity contribution in [3.05, 3.63) is 78.1 Å². The zero-order valence-corrected chi connectivity index (χ0v) is 24.7. The highest BCUT2D eigenvalue weighted by atomic mass is 16.6. The number of aliphatic hydroxyl groups excluding tert-OH is 2. The van der Waals surface area contributed by atoms with Crippen LogP contribution in [-0.2, 0) is 9.53 Å². The van der Waals surface area contributed by atoms with Crippen LogP contribution in [0.5, 0.6) is 0 Å². The lowest BCUT2D eigenvalue weighted by molar-refractivity contribution is -0.137. The Balaban J connectivity index is 1.34. The van der Waals surface area contributed by atoms with Crippen LogP contribution in [0.3, 0.4) is 0 Å². The third-order valence-electron chi connectivity index (χ3n) is 8.53. The summed E-state index contributed by atoms with van der Waals surface area (Å²) in [5.41, 5.74) is 9.34. The van der Waals surface area contributed by atoms with Crippen LogP contribution in [0.15, 0.2) is 67.0 Å². The summed E-state index contributed by atoms with van der Waals surface area (Å²) in [4.78, 5) is 26.8. The normalized spacial score (nSPS) is 25.3. The molecule has 232 valence electrons. The van der Waals surface area contributed by atoms with Gasteiger partial charge in [0, 0.05) is 31.1 Å². The number of rotatable bonds is 10. The SMILES string of the molecule is CCNC(=O)[C@H]1O[C@@H](n2cnc3c(NCC(c4ccccc4)c4ccccc4)nc(N[C@H]4CC[C@H](N)CC4)nc32)[C@H](O)[C@@H]1O. The van der Waals surface area contributed by atoms with Gasteiger partial charge in [0.15, 0.2) is 29.3 Å². The average molecular weight is 601 g/mol. The first-order chi connectivity index (χ1) is 21.4. The number of fused-ring (bicyclic) bond motifs is 1. The van der Waals surface area contributed by atoms with Crippen molar-refractivity contribution in [1.29, 1.82) is 0 Å². The highest BCUT2D eigenvalue weighted by molar-refractivity contribution is 5.85. The molecule has 12 nitrogen and oxygen atoms in total. The third-order valence-corrected chi connectivity index (χ3v) is 8.53. The fourth-order valence-corrected chi connectivity index (χ4v) is 6.12. The van der Waals surface area contributed by atoms with Gasteiger partial charge in [-0.15, -0.1) is 0 Å². The molecular weight excluding hydrogens is 560 g/mol. The minimum absolute atomic E-state index is 0.0358. The number of imidazole rings is 1. The Morgan fingerprint density at radius 3 is 2.30 bits per heavy atom. The van der Waals surface area contributed by atoms with E-state index in [1.807, 2.05) is 36.4 Å². The average Bonchev–Trinajstić information content (AvgIpc) is 3.59. The second kappa shape index (κ2) is 13.3. The number of carbonyl (C=O) groups excluding carboxylic acids is 1. The van der Waals surface area contributed by atoms with Crippen LogP contribution in [0, 0.1) is 0 Å². The van der Waals surface area contributed by atoms with Gasteiger partial charge in [-0.05, 0) is 43.7 Å². The lowest BCUT2D eigenvalue weighted by Gasteiger charge is -2.27. The molecule has 0 radical (unpaired) electrons. The molecule has 2 aromatic carbocycles. The monoisotopic (exact) mass is 600 g/mol. The number of amides is 1. The van der Waals surface area contributed by atoms with E-state index in [4.69, 9.17) is 20.4 Å². The number of hydrogen-bond acceptors (Lipinski definition) is 10. The third kappa shape index (κ3) is 6.25. The van der Waals surface area contributed by atoms with E-state index in [0.717, 1.165) is 36.8 Å². The number of ether oxygens (including phenoxy) is 1. The number of nitrogens with one attached hydrogen (secondary N) is 3. The van der Waals surface area contributed by atoms with Crippen LogP contribution in [0.4, 0.5) is 11.8 Å². The number of nitrogens with two attached hydrogens (primary N) is 1. The molecule has 1 saturated carbocycles. The fraction of sp³-hybridized carbons (Fsp3) is 0.438. The van der Waals surface area contributed by atoms with Crippen molar-refractivity contribution in [2.45, 2.75) is 75.1 Å². The van der Waals surface area contributed by atoms with Crippen molar-refractivity contribution >= 4 is 28.8 Å². The first-order valence-corrected chi connectivity index (χ1v) is 15.3. The molecule has 4 aromatic rings.